The molecular weight excluding hydrogens is 318 g/mol. The minimum absolute atomic E-state index is 0.000415. The molecule has 4 rings (SSSR count). The predicted molar refractivity (Wildman–Crippen MR) is 93.1 cm³/mol. The molecule has 3 aromatic rings. The molecule has 25 heavy (non-hydrogen) atoms. The molecular formula is C19H17N3O3. The van der Waals surface area contributed by atoms with Gasteiger partial charge in [0.2, 0.25) is 5.91 Å². The van der Waals surface area contributed by atoms with Crippen molar-refractivity contribution >= 4 is 28.4 Å². The van der Waals surface area contributed by atoms with E-state index in [0.29, 0.717) is 11.4 Å². The van der Waals surface area contributed by atoms with Gasteiger partial charge in [-0.3, -0.25) is 9.59 Å². The highest BCUT2D eigenvalue weighted by Crippen LogP contribution is 2.30. The van der Waals surface area contributed by atoms with Crippen LogP contribution in [0.4, 0.5) is 5.82 Å². The van der Waals surface area contributed by atoms with E-state index in [0.717, 1.165) is 23.6 Å². The van der Waals surface area contributed by atoms with Crippen LogP contribution in [0.3, 0.4) is 0 Å². The monoisotopic (exact) mass is 335 g/mol. The SMILES string of the molecule is O=C(CN(C(=O)c1cccc2ccccc12)C1CC1)Nc1ccon1. The first-order valence-electron chi connectivity index (χ1n) is 8.21. The van der Waals surface area contributed by atoms with Crippen LogP contribution in [0.15, 0.2) is 59.3 Å². The first kappa shape index (κ1) is 15.4. The molecule has 1 heterocycles. The lowest BCUT2D eigenvalue weighted by molar-refractivity contribution is -0.117. The van der Waals surface area contributed by atoms with Gasteiger partial charge in [-0.1, -0.05) is 41.6 Å². The van der Waals surface area contributed by atoms with Gasteiger partial charge in [0.05, 0.1) is 0 Å². The molecule has 0 aliphatic heterocycles. The maximum atomic E-state index is 13.1. The number of hydrogen-bond acceptors (Lipinski definition) is 4. The summed E-state index contributed by atoms with van der Waals surface area (Å²) in [5.74, 6) is -0.0534. The van der Waals surface area contributed by atoms with Crippen molar-refractivity contribution in [3.8, 4) is 0 Å². The lowest BCUT2D eigenvalue weighted by Crippen LogP contribution is -2.39. The maximum Gasteiger partial charge on any atom is 0.255 e. The number of hydrogen-bond donors (Lipinski definition) is 1. The number of aromatic nitrogens is 1. The molecule has 2 aromatic carbocycles. The highest BCUT2D eigenvalue weighted by Gasteiger charge is 2.34. The average molecular weight is 335 g/mol. The first-order valence-corrected chi connectivity index (χ1v) is 8.21. The third kappa shape index (κ3) is 3.24. The number of nitrogens with one attached hydrogen (secondary N) is 1. The van der Waals surface area contributed by atoms with Gasteiger partial charge < -0.3 is 14.7 Å². The van der Waals surface area contributed by atoms with Crippen molar-refractivity contribution in [2.45, 2.75) is 18.9 Å². The summed E-state index contributed by atoms with van der Waals surface area (Å²) in [5, 5.41) is 8.21. The molecule has 6 heteroatoms. The topological polar surface area (TPSA) is 75.4 Å². The van der Waals surface area contributed by atoms with Crippen molar-refractivity contribution in [1.29, 1.82) is 0 Å². The van der Waals surface area contributed by atoms with Crippen LogP contribution in [0.25, 0.3) is 10.8 Å². The highest BCUT2D eigenvalue weighted by molar-refractivity contribution is 6.08. The molecule has 0 radical (unpaired) electrons. The number of amides is 2. The number of anilines is 1. The second kappa shape index (κ2) is 6.39. The maximum absolute atomic E-state index is 13.1. The van der Waals surface area contributed by atoms with E-state index in [1.807, 2.05) is 42.5 Å². The van der Waals surface area contributed by atoms with Crippen molar-refractivity contribution in [1.82, 2.24) is 10.1 Å². The first-order chi connectivity index (χ1) is 12.2. The summed E-state index contributed by atoms with van der Waals surface area (Å²) < 4.78 is 4.70. The Morgan fingerprint density at radius 2 is 1.92 bits per heavy atom. The molecule has 1 aliphatic rings. The van der Waals surface area contributed by atoms with E-state index in [4.69, 9.17) is 4.52 Å². The number of fused-ring (bicyclic) bond motifs is 1. The minimum atomic E-state index is -0.283. The zero-order valence-corrected chi connectivity index (χ0v) is 13.5. The summed E-state index contributed by atoms with van der Waals surface area (Å²) in [6, 6.07) is 15.1. The Morgan fingerprint density at radius 3 is 2.68 bits per heavy atom. The molecule has 0 atom stereocenters. The van der Waals surface area contributed by atoms with Gasteiger partial charge in [-0.25, -0.2) is 0 Å². The molecule has 1 aliphatic carbocycles. The predicted octanol–water partition coefficient (Wildman–Crippen LogP) is 3.07. The number of carbonyl (C=O) groups excluding carboxylic acids is 2. The van der Waals surface area contributed by atoms with E-state index in [2.05, 4.69) is 10.5 Å². The largest absolute Gasteiger partial charge is 0.363 e. The van der Waals surface area contributed by atoms with Crippen molar-refractivity contribution in [3.05, 3.63) is 60.4 Å². The second-order valence-electron chi connectivity index (χ2n) is 6.12. The summed E-state index contributed by atoms with van der Waals surface area (Å²) in [4.78, 5) is 27.0. The third-order valence-electron chi connectivity index (χ3n) is 4.29. The van der Waals surface area contributed by atoms with E-state index in [1.165, 1.54) is 6.26 Å². The van der Waals surface area contributed by atoms with Crippen LogP contribution < -0.4 is 5.32 Å². The molecule has 0 saturated heterocycles. The molecule has 0 unspecified atom stereocenters. The molecule has 0 spiro atoms. The van der Waals surface area contributed by atoms with E-state index in [-0.39, 0.29) is 24.4 Å². The molecule has 2 amide bonds. The summed E-state index contributed by atoms with van der Waals surface area (Å²) in [5.41, 5.74) is 0.624. The van der Waals surface area contributed by atoms with Gasteiger partial charge in [0, 0.05) is 17.7 Å². The van der Waals surface area contributed by atoms with Gasteiger partial charge in [-0.15, -0.1) is 0 Å². The number of nitrogens with zero attached hydrogens (tertiary/aromatic N) is 2. The van der Waals surface area contributed by atoms with Crippen molar-refractivity contribution in [3.63, 3.8) is 0 Å². The molecule has 6 nitrogen and oxygen atoms in total. The number of carbonyl (C=O) groups is 2. The quantitative estimate of drug-likeness (QED) is 0.777. The molecule has 1 aromatic heterocycles. The lowest BCUT2D eigenvalue weighted by Gasteiger charge is -2.22. The van der Waals surface area contributed by atoms with Crippen LogP contribution in [0.2, 0.25) is 0 Å². The van der Waals surface area contributed by atoms with Crippen LogP contribution >= 0.6 is 0 Å². The molecule has 1 saturated carbocycles. The van der Waals surface area contributed by atoms with Crippen LogP contribution in [-0.2, 0) is 4.79 Å². The zero-order chi connectivity index (χ0) is 17.2. The Hall–Kier alpha value is -3.15. The van der Waals surface area contributed by atoms with E-state index >= 15 is 0 Å². The van der Waals surface area contributed by atoms with Gasteiger partial charge in [0.1, 0.15) is 12.8 Å². The molecule has 1 N–H and O–H groups in total. The van der Waals surface area contributed by atoms with E-state index in [9.17, 15) is 9.59 Å². The van der Waals surface area contributed by atoms with Crippen LogP contribution in [0.5, 0.6) is 0 Å². The summed E-state index contributed by atoms with van der Waals surface area (Å²) in [6.07, 6.45) is 3.23. The standard InChI is InChI=1S/C19H17N3O3/c23-18(20-17-10-11-25-21-17)12-22(14-8-9-14)19(24)16-7-3-5-13-4-1-2-6-15(13)16/h1-7,10-11,14H,8-9,12H2,(H,20,21,23). The molecule has 1 fully saturated rings. The fourth-order valence-electron chi connectivity index (χ4n) is 2.93. The fraction of sp³-hybridized carbons (Fsp3) is 0.211. The van der Waals surface area contributed by atoms with Crippen molar-refractivity contribution in [2.75, 3.05) is 11.9 Å². The van der Waals surface area contributed by atoms with Crippen molar-refractivity contribution < 1.29 is 14.1 Å². The Morgan fingerprint density at radius 1 is 1.12 bits per heavy atom. The summed E-state index contributed by atoms with van der Waals surface area (Å²) in [7, 11) is 0. The minimum Gasteiger partial charge on any atom is -0.363 e. The zero-order valence-electron chi connectivity index (χ0n) is 13.5. The number of benzene rings is 2. The van der Waals surface area contributed by atoms with Gasteiger partial charge in [0.25, 0.3) is 5.91 Å². The molecule has 126 valence electrons. The van der Waals surface area contributed by atoms with E-state index < -0.39 is 0 Å². The third-order valence-corrected chi connectivity index (χ3v) is 4.29. The van der Waals surface area contributed by atoms with Crippen LogP contribution in [-0.4, -0.2) is 34.5 Å². The Kier molecular flexibility index (Phi) is 3.93. The molecule has 0 bridgehead atoms. The van der Waals surface area contributed by atoms with Gasteiger partial charge >= 0.3 is 0 Å². The Labute approximate surface area is 144 Å². The average Bonchev–Trinajstić information content (AvgIpc) is 3.35. The lowest BCUT2D eigenvalue weighted by atomic mass is 10.0. The van der Waals surface area contributed by atoms with E-state index in [1.54, 1.807) is 11.0 Å². The second-order valence-corrected chi connectivity index (χ2v) is 6.12. The normalized spacial score (nSPS) is 13.6. The fourth-order valence-corrected chi connectivity index (χ4v) is 2.93. The smallest absolute Gasteiger partial charge is 0.255 e. The van der Waals surface area contributed by atoms with Crippen LogP contribution in [0, 0.1) is 0 Å². The highest BCUT2D eigenvalue weighted by atomic mass is 16.5. The number of rotatable bonds is 5. The Balaban J connectivity index is 1.58. The summed E-state index contributed by atoms with van der Waals surface area (Å²) >= 11 is 0. The van der Waals surface area contributed by atoms with Gasteiger partial charge in [-0.2, -0.15) is 0 Å². The Bertz CT molecular complexity index is 911. The van der Waals surface area contributed by atoms with Crippen LogP contribution in [0.1, 0.15) is 23.2 Å². The van der Waals surface area contributed by atoms with Gasteiger partial charge in [0.15, 0.2) is 5.82 Å². The summed E-state index contributed by atoms with van der Waals surface area (Å²) in [6.45, 7) is -0.000415. The van der Waals surface area contributed by atoms with Gasteiger partial charge in [-0.05, 0) is 29.7 Å². The van der Waals surface area contributed by atoms with Crippen molar-refractivity contribution in [2.24, 2.45) is 0 Å².